The van der Waals surface area contributed by atoms with Crippen molar-refractivity contribution in [1.29, 1.82) is 0 Å². The lowest BCUT2D eigenvalue weighted by molar-refractivity contribution is 0.211. The summed E-state index contributed by atoms with van der Waals surface area (Å²) in [5.41, 5.74) is 0. The summed E-state index contributed by atoms with van der Waals surface area (Å²) in [7, 11) is 3.47. The van der Waals surface area contributed by atoms with E-state index in [1.165, 1.54) is 11.5 Å². The number of aromatic nitrogens is 2. The summed E-state index contributed by atoms with van der Waals surface area (Å²) in [5, 5.41) is 4.45. The molecule has 1 aromatic heterocycles. The molecule has 8 nitrogen and oxygen atoms in total. The molecular formula is C20H31IN6O2S. The minimum atomic E-state index is -0.0294. The smallest absolute Gasteiger partial charge is 0.205 e. The second-order valence-corrected chi connectivity index (χ2v) is 7.56. The quantitative estimate of drug-likeness (QED) is 0.325. The van der Waals surface area contributed by atoms with Gasteiger partial charge in [0.25, 0.3) is 0 Å². The van der Waals surface area contributed by atoms with Crippen molar-refractivity contribution in [2.45, 2.75) is 26.4 Å². The fraction of sp³-hybridized carbons (Fsp3) is 0.550. The normalized spacial score (nSPS) is 15.4. The van der Waals surface area contributed by atoms with E-state index in [0.717, 1.165) is 61.0 Å². The van der Waals surface area contributed by atoms with Gasteiger partial charge < -0.3 is 24.6 Å². The molecule has 1 saturated heterocycles. The molecule has 30 heavy (non-hydrogen) atoms. The number of para-hydroxylation sites is 2. The van der Waals surface area contributed by atoms with Crippen LogP contribution in [0.4, 0.5) is 5.13 Å². The number of anilines is 1. The zero-order valence-electron chi connectivity index (χ0n) is 18.0. The summed E-state index contributed by atoms with van der Waals surface area (Å²) >= 11 is 1.49. The Labute approximate surface area is 199 Å². The zero-order chi connectivity index (χ0) is 20.6. The number of benzene rings is 1. The molecule has 2 heterocycles. The van der Waals surface area contributed by atoms with Gasteiger partial charge in [-0.15, -0.1) is 24.0 Å². The Hall–Kier alpha value is -1.82. The van der Waals surface area contributed by atoms with Gasteiger partial charge in [-0.2, -0.15) is 4.37 Å². The molecule has 1 fully saturated rings. The molecule has 0 amide bonds. The van der Waals surface area contributed by atoms with E-state index in [0.29, 0.717) is 6.54 Å². The van der Waals surface area contributed by atoms with Crippen LogP contribution in [-0.4, -0.2) is 73.2 Å². The summed E-state index contributed by atoms with van der Waals surface area (Å²) in [5.74, 6) is 3.31. The van der Waals surface area contributed by atoms with Gasteiger partial charge in [0.05, 0.1) is 13.7 Å². The maximum atomic E-state index is 6.02. The highest BCUT2D eigenvalue weighted by atomic mass is 127. The van der Waals surface area contributed by atoms with Crippen molar-refractivity contribution in [3.05, 3.63) is 30.1 Å². The van der Waals surface area contributed by atoms with Gasteiger partial charge in [0.15, 0.2) is 17.5 Å². The van der Waals surface area contributed by atoms with Crippen molar-refractivity contribution in [3.8, 4) is 11.5 Å². The summed E-state index contributed by atoms with van der Waals surface area (Å²) in [4.78, 5) is 13.6. The first-order valence-electron chi connectivity index (χ1n) is 9.97. The first-order chi connectivity index (χ1) is 14.1. The third-order valence-electron chi connectivity index (χ3n) is 4.78. The van der Waals surface area contributed by atoms with Crippen LogP contribution in [0.25, 0.3) is 0 Å². The highest BCUT2D eigenvalue weighted by Gasteiger charge is 2.22. The number of aryl methyl sites for hydroxylation is 1. The van der Waals surface area contributed by atoms with Crippen LogP contribution in [0, 0.1) is 0 Å². The Morgan fingerprint density at radius 3 is 2.53 bits per heavy atom. The van der Waals surface area contributed by atoms with Crippen LogP contribution in [0.5, 0.6) is 11.5 Å². The minimum absolute atomic E-state index is 0. The van der Waals surface area contributed by atoms with Crippen molar-refractivity contribution >= 4 is 46.6 Å². The van der Waals surface area contributed by atoms with Gasteiger partial charge in [-0.05, 0) is 19.1 Å². The van der Waals surface area contributed by atoms with E-state index in [2.05, 4.69) is 36.4 Å². The van der Waals surface area contributed by atoms with Crippen LogP contribution in [0.1, 0.15) is 19.7 Å². The molecule has 1 aliphatic rings. The first-order valence-corrected chi connectivity index (χ1v) is 10.7. The van der Waals surface area contributed by atoms with Gasteiger partial charge in [0.2, 0.25) is 5.13 Å². The number of methoxy groups -OCH3 is 1. The van der Waals surface area contributed by atoms with Gasteiger partial charge in [-0.1, -0.05) is 19.1 Å². The highest BCUT2D eigenvalue weighted by molar-refractivity contribution is 14.0. The summed E-state index contributed by atoms with van der Waals surface area (Å²) in [6, 6.07) is 7.69. The predicted octanol–water partition coefficient (Wildman–Crippen LogP) is 2.89. The third kappa shape index (κ3) is 6.34. The molecule has 3 rings (SSSR count). The largest absolute Gasteiger partial charge is 0.493 e. The molecule has 2 aromatic rings. The molecule has 0 spiro atoms. The molecular weight excluding hydrogens is 515 g/mol. The summed E-state index contributed by atoms with van der Waals surface area (Å²) < 4.78 is 15.8. The van der Waals surface area contributed by atoms with Crippen molar-refractivity contribution in [2.24, 2.45) is 4.99 Å². The zero-order valence-corrected chi connectivity index (χ0v) is 21.1. The molecule has 0 aliphatic carbocycles. The van der Waals surface area contributed by atoms with Gasteiger partial charge in [0.1, 0.15) is 11.9 Å². The number of nitrogens with zero attached hydrogens (tertiary/aromatic N) is 5. The Morgan fingerprint density at radius 1 is 1.23 bits per heavy atom. The van der Waals surface area contributed by atoms with Gasteiger partial charge in [0, 0.05) is 51.2 Å². The molecule has 0 saturated carbocycles. The molecule has 1 aromatic carbocycles. The SMILES string of the molecule is CCc1nsc(N2CCN(C(=NC)NCC(C)Oc3ccccc3OC)CC2)n1.I. The van der Waals surface area contributed by atoms with Gasteiger partial charge >= 0.3 is 0 Å². The molecule has 0 bridgehead atoms. The monoisotopic (exact) mass is 546 g/mol. The van der Waals surface area contributed by atoms with Gasteiger partial charge in [-0.3, -0.25) is 4.99 Å². The van der Waals surface area contributed by atoms with Crippen LogP contribution < -0.4 is 19.7 Å². The average molecular weight is 546 g/mol. The van der Waals surface area contributed by atoms with E-state index in [9.17, 15) is 0 Å². The number of aliphatic imine (C=N–C) groups is 1. The van der Waals surface area contributed by atoms with Crippen LogP contribution in [-0.2, 0) is 6.42 Å². The van der Waals surface area contributed by atoms with Crippen molar-refractivity contribution in [3.63, 3.8) is 0 Å². The van der Waals surface area contributed by atoms with Crippen molar-refractivity contribution in [2.75, 3.05) is 51.8 Å². The van der Waals surface area contributed by atoms with Crippen LogP contribution in [0.3, 0.4) is 0 Å². The molecule has 1 N–H and O–H groups in total. The Morgan fingerprint density at radius 2 is 1.93 bits per heavy atom. The number of guanidine groups is 1. The predicted molar refractivity (Wildman–Crippen MR) is 133 cm³/mol. The topological polar surface area (TPSA) is 75.1 Å². The van der Waals surface area contributed by atoms with E-state index in [-0.39, 0.29) is 30.1 Å². The summed E-state index contributed by atoms with van der Waals surface area (Å²) in [6.07, 6.45) is 0.848. The third-order valence-corrected chi connectivity index (χ3v) is 5.59. The minimum Gasteiger partial charge on any atom is -0.493 e. The molecule has 0 radical (unpaired) electrons. The van der Waals surface area contributed by atoms with E-state index in [1.807, 2.05) is 38.2 Å². The first kappa shape index (κ1) is 24.4. The molecule has 1 aliphatic heterocycles. The van der Waals surface area contributed by atoms with Crippen molar-refractivity contribution in [1.82, 2.24) is 19.6 Å². The lowest BCUT2D eigenvalue weighted by Gasteiger charge is -2.36. The number of piperazine rings is 1. The number of ether oxygens (including phenoxy) is 2. The molecule has 10 heteroatoms. The lowest BCUT2D eigenvalue weighted by Crippen LogP contribution is -2.53. The number of rotatable bonds is 7. The van der Waals surface area contributed by atoms with Crippen LogP contribution in [0.2, 0.25) is 0 Å². The number of nitrogens with one attached hydrogen (secondary N) is 1. The highest BCUT2D eigenvalue weighted by Crippen LogP contribution is 2.26. The van der Waals surface area contributed by atoms with Crippen molar-refractivity contribution < 1.29 is 9.47 Å². The lowest BCUT2D eigenvalue weighted by atomic mass is 10.3. The Kier molecular flexibility index (Phi) is 9.89. The maximum Gasteiger partial charge on any atom is 0.205 e. The Balaban J connectivity index is 0.00000320. The number of hydrogen-bond acceptors (Lipinski definition) is 7. The van der Waals surface area contributed by atoms with E-state index in [4.69, 9.17) is 9.47 Å². The standard InChI is InChI=1S/C20H30N6O2S.HI/c1-5-18-23-20(29-24-18)26-12-10-25(11-13-26)19(21-3)22-14-15(2)28-17-9-7-6-8-16(17)27-4;/h6-9,15H,5,10-14H2,1-4H3,(H,21,22);1H. The fourth-order valence-corrected chi connectivity index (χ4v) is 3.97. The average Bonchev–Trinajstić information content (AvgIpc) is 3.24. The number of hydrogen-bond donors (Lipinski definition) is 1. The van der Waals surface area contributed by atoms with E-state index in [1.54, 1.807) is 7.11 Å². The van der Waals surface area contributed by atoms with E-state index < -0.39 is 0 Å². The maximum absolute atomic E-state index is 6.02. The van der Waals surface area contributed by atoms with E-state index >= 15 is 0 Å². The van der Waals surface area contributed by atoms with Gasteiger partial charge in [-0.25, -0.2) is 4.98 Å². The summed E-state index contributed by atoms with van der Waals surface area (Å²) in [6.45, 7) is 8.37. The second-order valence-electron chi connectivity index (χ2n) is 6.83. The second kappa shape index (κ2) is 12.1. The van der Waals surface area contributed by atoms with Crippen LogP contribution >= 0.6 is 35.5 Å². The Bertz CT molecular complexity index is 810. The fourth-order valence-electron chi connectivity index (χ4n) is 3.17. The molecule has 1 unspecified atom stereocenters. The number of halogens is 1. The molecule has 1 atom stereocenters. The van der Waals surface area contributed by atoms with Crippen LogP contribution in [0.15, 0.2) is 29.3 Å². The molecule has 166 valence electrons.